The van der Waals surface area contributed by atoms with Crippen LogP contribution >= 0.6 is 31.9 Å². The number of aromatic nitrogens is 2. The molecule has 0 spiro atoms. The second-order valence-electron chi connectivity index (χ2n) is 3.23. The van der Waals surface area contributed by atoms with Gasteiger partial charge in [0, 0.05) is 20.1 Å². The summed E-state index contributed by atoms with van der Waals surface area (Å²) in [5.74, 6) is 0.541. The second-order valence-corrected chi connectivity index (χ2v) is 5.00. The molecule has 1 aromatic heterocycles. The van der Waals surface area contributed by atoms with Crippen LogP contribution < -0.4 is 5.73 Å². The fraction of sp³-hybridized carbons (Fsp3) is 0.100. The number of hydrogen-bond donors (Lipinski definition) is 2. The Bertz CT molecular complexity index is 505. The number of nitrogens with one attached hydrogen (secondary N) is 1. The predicted octanol–water partition coefficient (Wildman–Crippen LogP) is 3.49. The number of aromatic amines is 1. The van der Waals surface area contributed by atoms with Crippen LogP contribution in [-0.4, -0.2) is 10.2 Å². The van der Waals surface area contributed by atoms with Crippen molar-refractivity contribution in [3.8, 4) is 11.3 Å². The van der Waals surface area contributed by atoms with Gasteiger partial charge in [0.15, 0.2) is 0 Å². The lowest BCUT2D eigenvalue weighted by Crippen LogP contribution is -1.86. The largest absolute Gasteiger partial charge is 0.382 e. The Kier molecular flexibility index (Phi) is 2.84. The molecule has 0 saturated heterocycles. The zero-order valence-electron chi connectivity index (χ0n) is 8.01. The van der Waals surface area contributed by atoms with Crippen LogP contribution in [0.2, 0.25) is 0 Å². The average molecular weight is 331 g/mol. The van der Waals surface area contributed by atoms with Gasteiger partial charge in [0.2, 0.25) is 0 Å². The maximum atomic E-state index is 5.69. The van der Waals surface area contributed by atoms with Crippen molar-refractivity contribution in [1.82, 2.24) is 10.2 Å². The van der Waals surface area contributed by atoms with Crippen molar-refractivity contribution in [2.24, 2.45) is 0 Å². The molecule has 0 aliphatic rings. The Morgan fingerprint density at radius 2 is 2.07 bits per heavy atom. The first kappa shape index (κ1) is 10.7. The highest BCUT2D eigenvalue weighted by Gasteiger charge is 2.11. The van der Waals surface area contributed by atoms with Gasteiger partial charge in [-0.25, -0.2) is 0 Å². The monoisotopic (exact) mass is 329 g/mol. The first-order valence-corrected chi connectivity index (χ1v) is 5.94. The number of nitrogen functional groups attached to an aromatic ring is 1. The lowest BCUT2D eigenvalue weighted by atomic mass is 10.1. The molecular formula is C10H9Br2N3. The molecular weight excluding hydrogens is 322 g/mol. The Balaban J connectivity index is 2.59. The van der Waals surface area contributed by atoms with Crippen molar-refractivity contribution in [3.63, 3.8) is 0 Å². The van der Waals surface area contributed by atoms with E-state index in [1.807, 2.05) is 25.1 Å². The molecule has 78 valence electrons. The van der Waals surface area contributed by atoms with Crippen molar-refractivity contribution in [1.29, 1.82) is 0 Å². The highest BCUT2D eigenvalue weighted by molar-refractivity contribution is 9.11. The molecule has 1 heterocycles. The van der Waals surface area contributed by atoms with Gasteiger partial charge in [-0.3, -0.25) is 5.10 Å². The van der Waals surface area contributed by atoms with Crippen molar-refractivity contribution in [2.45, 2.75) is 6.92 Å². The van der Waals surface area contributed by atoms with Gasteiger partial charge >= 0.3 is 0 Å². The Morgan fingerprint density at radius 1 is 1.33 bits per heavy atom. The van der Waals surface area contributed by atoms with Gasteiger partial charge in [-0.15, -0.1) is 0 Å². The van der Waals surface area contributed by atoms with Crippen LogP contribution in [0.5, 0.6) is 0 Å². The van der Waals surface area contributed by atoms with Gasteiger partial charge in [-0.1, -0.05) is 37.9 Å². The normalized spacial score (nSPS) is 10.6. The van der Waals surface area contributed by atoms with Crippen LogP contribution in [0.3, 0.4) is 0 Å². The molecule has 15 heavy (non-hydrogen) atoms. The Hall–Kier alpha value is -0.810. The third-order valence-corrected chi connectivity index (χ3v) is 3.40. The molecule has 0 amide bonds. The molecule has 0 unspecified atom stereocenters. The Labute approximate surface area is 104 Å². The molecule has 0 bridgehead atoms. The van der Waals surface area contributed by atoms with Crippen LogP contribution in [0.15, 0.2) is 27.1 Å². The van der Waals surface area contributed by atoms with E-state index in [-0.39, 0.29) is 0 Å². The highest BCUT2D eigenvalue weighted by atomic mass is 79.9. The molecule has 3 N–H and O–H groups in total. The van der Waals surface area contributed by atoms with Gasteiger partial charge in [-0.2, -0.15) is 5.10 Å². The van der Waals surface area contributed by atoms with E-state index in [2.05, 4.69) is 42.1 Å². The number of nitrogens with zero attached hydrogens (tertiary/aromatic N) is 1. The molecule has 0 atom stereocenters. The number of nitrogens with two attached hydrogens (primary N) is 1. The lowest BCUT2D eigenvalue weighted by molar-refractivity contribution is 1.10. The molecule has 5 heteroatoms. The van der Waals surface area contributed by atoms with Gasteiger partial charge in [0.1, 0.15) is 5.82 Å². The first-order valence-electron chi connectivity index (χ1n) is 4.35. The first-order chi connectivity index (χ1) is 7.09. The minimum atomic E-state index is 0.541. The summed E-state index contributed by atoms with van der Waals surface area (Å²) in [6.07, 6.45) is 0. The lowest BCUT2D eigenvalue weighted by Gasteiger charge is -2.03. The van der Waals surface area contributed by atoms with E-state index in [1.54, 1.807) is 0 Å². The summed E-state index contributed by atoms with van der Waals surface area (Å²) < 4.78 is 2.03. The maximum Gasteiger partial charge on any atom is 0.148 e. The summed E-state index contributed by atoms with van der Waals surface area (Å²) in [6, 6.07) is 5.98. The fourth-order valence-electron chi connectivity index (χ4n) is 1.37. The Morgan fingerprint density at radius 3 is 2.60 bits per heavy atom. The predicted molar refractivity (Wildman–Crippen MR) is 68.6 cm³/mol. The van der Waals surface area contributed by atoms with Gasteiger partial charge in [0.25, 0.3) is 0 Å². The number of rotatable bonds is 1. The molecule has 2 aromatic rings. The van der Waals surface area contributed by atoms with Crippen molar-refractivity contribution < 1.29 is 0 Å². The minimum absolute atomic E-state index is 0.541. The maximum absolute atomic E-state index is 5.69. The number of H-pyrrole nitrogens is 1. The van der Waals surface area contributed by atoms with Crippen LogP contribution in [-0.2, 0) is 0 Å². The van der Waals surface area contributed by atoms with Crippen molar-refractivity contribution >= 4 is 37.7 Å². The number of halogens is 2. The number of hydrogen-bond acceptors (Lipinski definition) is 2. The van der Waals surface area contributed by atoms with Gasteiger partial charge < -0.3 is 5.73 Å². The molecule has 1 aromatic carbocycles. The van der Waals surface area contributed by atoms with E-state index in [9.17, 15) is 0 Å². The standard InChI is InChI=1S/C10H9Br2N3/c1-5-9(14-15-10(5)13)7-3-2-6(11)4-8(7)12/h2-4H,1H3,(H3,13,14,15). The summed E-state index contributed by atoms with van der Waals surface area (Å²) in [7, 11) is 0. The van der Waals surface area contributed by atoms with Crippen molar-refractivity contribution in [3.05, 3.63) is 32.7 Å². The quantitative estimate of drug-likeness (QED) is 0.840. The van der Waals surface area contributed by atoms with Crippen LogP contribution in [0, 0.1) is 6.92 Å². The zero-order valence-corrected chi connectivity index (χ0v) is 11.2. The van der Waals surface area contributed by atoms with Gasteiger partial charge in [-0.05, 0) is 19.1 Å². The van der Waals surface area contributed by atoms with E-state index in [0.29, 0.717) is 5.82 Å². The molecule has 0 saturated carbocycles. The van der Waals surface area contributed by atoms with E-state index in [0.717, 1.165) is 25.8 Å². The van der Waals surface area contributed by atoms with E-state index < -0.39 is 0 Å². The summed E-state index contributed by atoms with van der Waals surface area (Å²) >= 11 is 6.92. The molecule has 2 rings (SSSR count). The molecule has 0 aliphatic carbocycles. The second kappa shape index (κ2) is 3.98. The highest BCUT2D eigenvalue weighted by Crippen LogP contribution is 2.32. The number of benzene rings is 1. The topological polar surface area (TPSA) is 54.7 Å². The van der Waals surface area contributed by atoms with Crippen LogP contribution in [0.25, 0.3) is 11.3 Å². The van der Waals surface area contributed by atoms with E-state index in [4.69, 9.17) is 5.73 Å². The van der Waals surface area contributed by atoms with Crippen LogP contribution in [0.4, 0.5) is 5.82 Å². The average Bonchev–Trinajstić information content (AvgIpc) is 2.49. The summed E-state index contributed by atoms with van der Waals surface area (Å²) in [5, 5.41) is 6.91. The van der Waals surface area contributed by atoms with Gasteiger partial charge in [0.05, 0.1) is 5.69 Å². The summed E-state index contributed by atoms with van der Waals surface area (Å²) in [4.78, 5) is 0. The van der Waals surface area contributed by atoms with Crippen LogP contribution in [0.1, 0.15) is 5.56 Å². The zero-order chi connectivity index (χ0) is 11.0. The smallest absolute Gasteiger partial charge is 0.148 e. The minimum Gasteiger partial charge on any atom is -0.382 e. The summed E-state index contributed by atoms with van der Waals surface area (Å²) in [5.41, 5.74) is 8.67. The molecule has 3 nitrogen and oxygen atoms in total. The molecule has 0 radical (unpaired) electrons. The van der Waals surface area contributed by atoms with Crippen molar-refractivity contribution in [2.75, 3.05) is 5.73 Å². The molecule has 0 fully saturated rings. The van der Waals surface area contributed by atoms with E-state index in [1.165, 1.54) is 0 Å². The number of anilines is 1. The third kappa shape index (κ3) is 1.94. The molecule has 0 aliphatic heterocycles. The fourth-order valence-corrected chi connectivity index (χ4v) is 2.61. The van der Waals surface area contributed by atoms with E-state index >= 15 is 0 Å². The summed E-state index contributed by atoms with van der Waals surface area (Å²) in [6.45, 7) is 1.95. The SMILES string of the molecule is Cc1c(N)n[nH]c1-c1ccc(Br)cc1Br. The third-order valence-electron chi connectivity index (χ3n) is 2.25.